The molecule has 1 aromatic heterocycles. The lowest BCUT2D eigenvalue weighted by Gasteiger charge is -2.21. The molecule has 0 aliphatic carbocycles. The smallest absolute Gasteiger partial charge is 0.151 e. The van der Waals surface area contributed by atoms with Gasteiger partial charge in [-0.05, 0) is 24.8 Å². The van der Waals surface area contributed by atoms with Gasteiger partial charge in [0.2, 0.25) is 0 Å². The van der Waals surface area contributed by atoms with Crippen molar-refractivity contribution >= 4 is 0 Å². The normalized spacial score (nSPS) is 18.3. The minimum Gasteiger partial charge on any atom is -0.328 e. The van der Waals surface area contributed by atoms with Crippen LogP contribution in [-0.4, -0.2) is 21.3 Å². The van der Waals surface area contributed by atoms with Crippen molar-refractivity contribution in [3.8, 4) is 0 Å². The fourth-order valence-electron chi connectivity index (χ4n) is 2.71. The third-order valence-corrected chi connectivity index (χ3v) is 3.78. The largest absolute Gasteiger partial charge is 0.328 e. The second kappa shape index (κ2) is 5.53. The maximum atomic E-state index is 5.80. The zero-order chi connectivity index (χ0) is 13.1. The SMILES string of the molecule is NCC1CCCc2nc(CCc3ccccc3)nn21. The minimum absolute atomic E-state index is 0.349. The number of fused-ring (bicyclic) bond motifs is 1. The van der Waals surface area contributed by atoms with Crippen LogP contribution in [0.2, 0.25) is 0 Å². The first-order chi connectivity index (χ1) is 9.36. The van der Waals surface area contributed by atoms with Crippen LogP contribution in [-0.2, 0) is 19.3 Å². The van der Waals surface area contributed by atoms with E-state index in [0.717, 1.165) is 37.3 Å². The summed E-state index contributed by atoms with van der Waals surface area (Å²) in [6, 6.07) is 10.8. The van der Waals surface area contributed by atoms with Crippen molar-refractivity contribution in [3.05, 3.63) is 47.5 Å². The zero-order valence-electron chi connectivity index (χ0n) is 11.1. The van der Waals surface area contributed by atoms with E-state index in [2.05, 4.69) is 39.0 Å². The molecule has 0 radical (unpaired) electrons. The summed E-state index contributed by atoms with van der Waals surface area (Å²) in [5.41, 5.74) is 7.14. The minimum atomic E-state index is 0.349. The number of hydrogen-bond donors (Lipinski definition) is 1. The van der Waals surface area contributed by atoms with Gasteiger partial charge in [0.1, 0.15) is 5.82 Å². The standard InChI is InChI=1S/C15H20N4/c16-11-13-7-4-8-15-17-14(18-19(13)15)10-9-12-5-2-1-3-6-12/h1-3,5-6,13H,4,7-11,16H2. The Kier molecular flexibility index (Phi) is 3.60. The molecule has 0 fully saturated rings. The molecule has 4 heteroatoms. The van der Waals surface area contributed by atoms with Crippen LogP contribution < -0.4 is 5.73 Å². The van der Waals surface area contributed by atoms with Gasteiger partial charge in [0, 0.05) is 19.4 Å². The molecule has 1 aromatic carbocycles. The number of rotatable bonds is 4. The lowest BCUT2D eigenvalue weighted by atomic mass is 10.1. The Balaban J connectivity index is 1.71. The molecule has 0 saturated heterocycles. The first kappa shape index (κ1) is 12.4. The number of aryl methyl sites for hydroxylation is 3. The monoisotopic (exact) mass is 256 g/mol. The summed E-state index contributed by atoms with van der Waals surface area (Å²) < 4.78 is 2.06. The zero-order valence-corrected chi connectivity index (χ0v) is 11.1. The Bertz CT molecular complexity index is 532. The number of hydrogen-bond acceptors (Lipinski definition) is 3. The highest BCUT2D eigenvalue weighted by atomic mass is 15.4. The molecule has 2 aromatic rings. The predicted octanol–water partition coefficient (Wildman–Crippen LogP) is 1.90. The second-order valence-corrected chi connectivity index (χ2v) is 5.16. The highest BCUT2D eigenvalue weighted by molar-refractivity contribution is 5.15. The average Bonchev–Trinajstić information content (AvgIpc) is 2.89. The molecular formula is C15H20N4. The topological polar surface area (TPSA) is 56.7 Å². The molecule has 1 aliphatic heterocycles. The fourth-order valence-corrected chi connectivity index (χ4v) is 2.71. The van der Waals surface area contributed by atoms with Crippen LogP contribution in [0, 0.1) is 0 Å². The molecule has 2 N–H and O–H groups in total. The van der Waals surface area contributed by atoms with Crippen LogP contribution >= 0.6 is 0 Å². The van der Waals surface area contributed by atoms with Gasteiger partial charge >= 0.3 is 0 Å². The first-order valence-electron chi connectivity index (χ1n) is 7.05. The highest BCUT2D eigenvalue weighted by Gasteiger charge is 2.21. The Morgan fingerprint density at radius 1 is 1.21 bits per heavy atom. The molecule has 1 atom stereocenters. The van der Waals surface area contributed by atoms with Gasteiger partial charge in [-0.3, -0.25) is 0 Å². The number of aromatic nitrogens is 3. The van der Waals surface area contributed by atoms with E-state index < -0.39 is 0 Å². The summed E-state index contributed by atoms with van der Waals surface area (Å²) in [6.07, 6.45) is 5.25. The van der Waals surface area contributed by atoms with Crippen LogP contribution in [0.3, 0.4) is 0 Å². The molecule has 19 heavy (non-hydrogen) atoms. The molecule has 3 rings (SSSR count). The van der Waals surface area contributed by atoms with Crippen LogP contribution in [0.5, 0.6) is 0 Å². The first-order valence-corrected chi connectivity index (χ1v) is 7.05. The fraction of sp³-hybridized carbons (Fsp3) is 0.467. The van der Waals surface area contributed by atoms with Crippen LogP contribution in [0.1, 0.15) is 36.1 Å². The summed E-state index contributed by atoms with van der Waals surface area (Å²) in [7, 11) is 0. The lowest BCUT2D eigenvalue weighted by Crippen LogP contribution is -2.25. The van der Waals surface area contributed by atoms with E-state index in [1.54, 1.807) is 0 Å². The van der Waals surface area contributed by atoms with Crippen LogP contribution in [0.25, 0.3) is 0 Å². The van der Waals surface area contributed by atoms with E-state index in [1.165, 1.54) is 12.0 Å². The molecule has 2 heterocycles. The van der Waals surface area contributed by atoms with Gasteiger partial charge in [0.05, 0.1) is 6.04 Å². The molecule has 0 amide bonds. The van der Waals surface area contributed by atoms with Crippen molar-refractivity contribution in [2.45, 2.75) is 38.1 Å². The molecule has 100 valence electrons. The Morgan fingerprint density at radius 3 is 2.84 bits per heavy atom. The Morgan fingerprint density at radius 2 is 2.05 bits per heavy atom. The summed E-state index contributed by atoms with van der Waals surface area (Å²) in [4.78, 5) is 4.66. The quantitative estimate of drug-likeness (QED) is 0.909. The maximum absolute atomic E-state index is 5.80. The number of nitrogens with zero attached hydrogens (tertiary/aromatic N) is 3. The number of nitrogens with two attached hydrogens (primary N) is 1. The molecule has 0 spiro atoms. The van der Waals surface area contributed by atoms with Gasteiger partial charge in [-0.15, -0.1) is 0 Å². The van der Waals surface area contributed by atoms with Gasteiger partial charge in [0.25, 0.3) is 0 Å². The van der Waals surface area contributed by atoms with Crippen molar-refractivity contribution in [2.75, 3.05) is 6.54 Å². The average molecular weight is 256 g/mol. The summed E-state index contributed by atoms with van der Waals surface area (Å²) in [5.74, 6) is 2.07. The molecular weight excluding hydrogens is 236 g/mol. The number of benzene rings is 1. The van der Waals surface area contributed by atoms with E-state index in [9.17, 15) is 0 Å². The molecule has 0 bridgehead atoms. The van der Waals surface area contributed by atoms with Gasteiger partial charge in [-0.2, -0.15) is 5.10 Å². The second-order valence-electron chi connectivity index (χ2n) is 5.16. The van der Waals surface area contributed by atoms with Crippen molar-refractivity contribution < 1.29 is 0 Å². The van der Waals surface area contributed by atoms with Crippen molar-refractivity contribution in [3.63, 3.8) is 0 Å². The van der Waals surface area contributed by atoms with E-state index in [-0.39, 0.29) is 0 Å². The highest BCUT2D eigenvalue weighted by Crippen LogP contribution is 2.22. The molecule has 0 saturated carbocycles. The van der Waals surface area contributed by atoms with E-state index >= 15 is 0 Å². The van der Waals surface area contributed by atoms with Crippen molar-refractivity contribution in [1.82, 2.24) is 14.8 Å². The van der Waals surface area contributed by atoms with E-state index in [1.807, 2.05) is 6.07 Å². The van der Waals surface area contributed by atoms with Gasteiger partial charge in [-0.25, -0.2) is 9.67 Å². The Hall–Kier alpha value is -1.68. The predicted molar refractivity (Wildman–Crippen MR) is 74.9 cm³/mol. The Labute approximate surface area is 113 Å². The van der Waals surface area contributed by atoms with Crippen molar-refractivity contribution in [1.29, 1.82) is 0 Å². The molecule has 1 unspecified atom stereocenters. The summed E-state index contributed by atoms with van der Waals surface area (Å²) >= 11 is 0. The van der Waals surface area contributed by atoms with Gasteiger partial charge in [0.15, 0.2) is 5.82 Å². The third-order valence-electron chi connectivity index (χ3n) is 3.78. The van der Waals surface area contributed by atoms with Crippen molar-refractivity contribution in [2.24, 2.45) is 5.73 Å². The molecule has 4 nitrogen and oxygen atoms in total. The summed E-state index contributed by atoms with van der Waals surface area (Å²) in [5, 5.41) is 4.64. The maximum Gasteiger partial charge on any atom is 0.151 e. The van der Waals surface area contributed by atoms with E-state index in [0.29, 0.717) is 12.6 Å². The van der Waals surface area contributed by atoms with Crippen LogP contribution in [0.4, 0.5) is 0 Å². The lowest BCUT2D eigenvalue weighted by molar-refractivity contribution is 0.368. The van der Waals surface area contributed by atoms with Gasteiger partial charge in [-0.1, -0.05) is 30.3 Å². The van der Waals surface area contributed by atoms with Gasteiger partial charge < -0.3 is 5.73 Å². The molecule has 1 aliphatic rings. The van der Waals surface area contributed by atoms with E-state index in [4.69, 9.17) is 5.73 Å². The van der Waals surface area contributed by atoms with Crippen LogP contribution in [0.15, 0.2) is 30.3 Å². The third kappa shape index (κ3) is 2.68. The summed E-state index contributed by atoms with van der Waals surface area (Å²) in [6.45, 7) is 0.661.